The van der Waals surface area contributed by atoms with Gasteiger partial charge in [-0.15, -0.1) is 11.3 Å². The number of thiazole rings is 1. The number of nitrogens with zero attached hydrogens (tertiary/aromatic N) is 3. The zero-order valence-corrected chi connectivity index (χ0v) is 11.7. The number of amides is 1. The Morgan fingerprint density at radius 3 is 3.00 bits per heavy atom. The van der Waals surface area contributed by atoms with Crippen LogP contribution in [0, 0.1) is 0 Å². The van der Waals surface area contributed by atoms with E-state index >= 15 is 0 Å². The molecular formula is C13H9ClN4OS. The van der Waals surface area contributed by atoms with E-state index in [-0.39, 0.29) is 5.91 Å². The molecule has 100 valence electrons. The number of carbonyl (C=O) groups is 1. The van der Waals surface area contributed by atoms with E-state index in [1.165, 1.54) is 11.3 Å². The Morgan fingerprint density at radius 2 is 2.25 bits per heavy atom. The average molecular weight is 305 g/mol. The molecule has 0 aliphatic heterocycles. The molecule has 0 saturated heterocycles. The van der Waals surface area contributed by atoms with Crippen molar-refractivity contribution in [1.82, 2.24) is 14.8 Å². The lowest BCUT2D eigenvalue weighted by Gasteiger charge is -2.01. The topological polar surface area (TPSA) is 59.8 Å². The van der Waals surface area contributed by atoms with E-state index in [0.29, 0.717) is 15.8 Å². The van der Waals surface area contributed by atoms with Gasteiger partial charge in [0.1, 0.15) is 0 Å². The van der Waals surface area contributed by atoms with Gasteiger partial charge in [-0.05, 0) is 24.3 Å². The van der Waals surface area contributed by atoms with Gasteiger partial charge in [-0.3, -0.25) is 10.1 Å². The smallest absolute Gasteiger partial charge is 0.277 e. The van der Waals surface area contributed by atoms with Crippen LogP contribution >= 0.6 is 22.9 Å². The second-order valence-corrected chi connectivity index (χ2v) is 5.25. The van der Waals surface area contributed by atoms with E-state index in [0.717, 1.165) is 5.69 Å². The minimum Gasteiger partial charge on any atom is -0.296 e. The molecule has 0 fully saturated rings. The zero-order valence-electron chi connectivity index (χ0n) is 10.2. The normalized spacial score (nSPS) is 10.4. The summed E-state index contributed by atoms with van der Waals surface area (Å²) >= 11 is 7.29. The fourth-order valence-corrected chi connectivity index (χ4v) is 2.36. The quantitative estimate of drug-likeness (QED) is 0.808. The second-order valence-electron chi connectivity index (χ2n) is 3.92. The molecule has 1 amide bonds. The van der Waals surface area contributed by atoms with Crippen LogP contribution in [-0.4, -0.2) is 20.7 Å². The van der Waals surface area contributed by atoms with E-state index in [1.54, 1.807) is 40.7 Å². The van der Waals surface area contributed by atoms with Crippen molar-refractivity contribution in [2.24, 2.45) is 0 Å². The number of hydrogen-bond donors (Lipinski definition) is 1. The third kappa shape index (κ3) is 2.71. The minimum absolute atomic E-state index is 0.291. The molecule has 20 heavy (non-hydrogen) atoms. The summed E-state index contributed by atoms with van der Waals surface area (Å²) in [5.74, 6) is -0.291. The summed E-state index contributed by atoms with van der Waals surface area (Å²) in [6.45, 7) is 0. The van der Waals surface area contributed by atoms with Gasteiger partial charge in [0.2, 0.25) is 0 Å². The summed E-state index contributed by atoms with van der Waals surface area (Å²) in [5, 5.41) is 9.86. The number of aromatic nitrogens is 3. The van der Waals surface area contributed by atoms with E-state index in [1.807, 2.05) is 12.1 Å². The third-order valence-electron chi connectivity index (χ3n) is 2.55. The third-order valence-corrected chi connectivity index (χ3v) is 3.47. The Kier molecular flexibility index (Phi) is 3.49. The van der Waals surface area contributed by atoms with E-state index in [9.17, 15) is 4.79 Å². The highest BCUT2D eigenvalue weighted by Gasteiger charge is 2.11. The van der Waals surface area contributed by atoms with Crippen LogP contribution in [0.5, 0.6) is 0 Å². The predicted molar refractivity (Wildman–Crippen MR) is 78.6 cm³/mol. The Bertz CT molecular complexity index is 738. The van der Waals surface area contributed by atoms with Crippen LogP contribution in [0.25, 0.3) is 5.69 Å². The standard InChI is InChI=1S/C13H9ClN4OS/c14-9-2-1-3-10(8-9)18-6-4-11(17-18)12(19)16-13-15-5-7-20-13/h1-8H,(H,15,16,19). The van der Waals surface area contributed by atoms with Gasteiger partial charge in [0.05, 0.1) is 5.69 Å². The van der Waals surface area contributed by atoms with E-state index in [4.69, 9.17) is 11.6 Å². The van der Waals surface area contributed by atoms with E-state index in [2.05, 4.69) is 15.4 Å². The summed E-state index contributed by atoms with van der Waals surface area (Å²) in [6, 6.07) is 8.89. The number of nitrogens with one attached hydrogen (secondary N) is 1. The van der Waals surface area contributed by atoms with E-state index < -0.39 is 0 Å². The molecule has 0 radical (unpaired) electrons. The number of anilines is 1. The van der Waals surface area contributed by atoms with Crippen LogP contribution in [-0.2, 0) is 0 Å². The van der Waals surface area contributed by atoms with Crippen molar-refractivity contribution in [2.75, 3.05) is 5.32 Å². The van der Waals surface area contributed by atoms with Crippen LogP contribution < -0.4 is 5.32 Å². The monoisotopic (exact) mass is 304 g/mol. The fourth-order valence-electron chi connectivity index (χ4n) is 1.65. The summed E-state index contributed by atoms with van der Waals surface area (Å²) < 4.78 is 1.60. The van der Waals surface area contributed by atoms with Crippen molar-refractivity contribution in [1.29, 1.82) is 0 Å². The van der Waals surface area contributed by atoms with Gasteiger partial charge in [0.25, 0.3) is 5.91 Å². The van der Waals surface area contributed by atoms with Gasteiger partial charge in [-0.25, -0.2) is 9.67 Å². The highest BCUT2D eigenvalue weighted by atomic mass is 35.5. The second kappa shape index (κ2) is 5.44. The van der Waals surface area contributed by atoms with Gasteiger partial charge in [-0.1, -0.05) is 17.7 Å². The molecule has 1 N–H and O–H groups in total. The molecule has 3 aromatic rings. The summed E-state index contributed by atoms with van der Waals surface area (Å²) in [6.07, 6.45) is 3.34. The lowest BCUT2D eigenvalue weighted by atomic mass is 10.3. The average Bonchev–Trinajstić information content (AvgIpc) is 3.09. The van der Waals surface area contributed by atoms with Gasteiger partial charge in [0.15, 0.2) is 10.8 Å². The molecule has 3 rings (SSSR count). The highest BCUT2D eigenvalue weighted by Crippen LogP contribution is 2.15. The molecule has 0 bridgehead atoms. The first-order valence-corrected chi connectivity index (χ1v) is 7.00. The van der Waals surface area contributed by atoms with Crippen LogP contribution in [0.3, 0.4) is 0 Å². The lowest BCUT2D eigenvalue weighted by Crippen LogP contribution is -2.12. The maximum absolute atomic E-state index is 12.0. The molecular weight excluding hydrogens is 296 g/mol. The molecule has 0 aliphatic carbocycles. The van der Waals surface area contributed by atoms with Gasteiger partial charge >= 0.3 is 0 Å². The van der Waals surface area contributed by atoms with Gasteiger partial charge in [-0.2, -0.15) is 5.10 Å². The number of halogens is 1. The Balaban J connectivity index is 1.81. The first-order valence-electron chi connectivity index (χ1n) is 5.75. The molecule has 0 aliphatic rings. The summed E-state index contributed by atoms with van der Waals surface area (Å²) in [4.78, 5) is 16.0. The molecule has 1 aromatic carbocycles. The van der Waals surface area contributed by atoms with Crippen molar-refractivity contribution in [3.63, 3.8) is 0 Å². The minimum atomic E-state index is -0.291. The number of benzene rings is 1. The highest BCUT2D eigenvalue weighted by molar-refractivity contribution is 7.13. The van der Waals surface area contributed by atoms with Crippen LogP contribution in [0.2, 0.25) is 5.02 Å². The molecule has 0 saturated carbocycles. The number of rotatable bonds is 3. The molecule has 0 atom stereocenters. The number of hydrogen-bond acceptors (Lipinski definition) is 4. The zero-order chi connectivity index (χ0) is 13.9. The Labute approximate surface area is 123 Å². The summed E-state index contributed by atoms with van der Waals surface area (Å²) in [7, 11) is 0. The van der Waals surface area contributed by atoms with Gasteiger partial charge < -0.3 is 0 Å². The van der Waals surface area contributed by atoms with Crippen LogP contribution in [0.1, 0.15) is 10.5 Å². The van der Waals surface area contributed by atoms with Crippen LogP contribution in [0.15, 0.2) is 48.1 Å². The van der Waals surface area contributed by atoms with Crippen molar-refractivity contribution in [3.8, 4) is 5.69 Å². The Hall–Kier alpha value is -2.18. The van der Waals surface area contributed by atoms with Crippen molar-refractivity contribution in [3.05, 3.63) is 58.8 Å². The number of carbonyl (C=O) groups excluding carboxylic acids is 1. The fraction of sp³-hybridized carbons (Fsp3) is 0. The lowest BCUT2D eigenvalue weighted by molar-refractivity contribution is 0.102. The molecule has 7 heteroatoms. The van der Waals surface area contributed by atoms with Crippen molar-refractivity contribution >= 4 is 34.0 Å². The molecule has 2 heterocycles. The molecule has 2 aromatic heterocycles. The molecule has 5 nitrogen and oxygen atoms in total. The van der Waals surface area contributed by atoms with Crippen LogP contribution in [0.4, 0.5) is 5.13 Å². The first kappa shape index (κ1) is 12.8. The van der Waals surface area contributed by atoms with Crippen molar-refractivity contribution in [2.45, 2.75) is 0 Å². The molecule has 0 spiro atoms. The largest absolute Gasteiger partial charge is 0.296 e. The SMILES string of the molecule is O=C(Nc1nccs1)c1ccn(-c2cccc(Cl)c2)n1. The maximum atomic E-state index is 12.0. The maximum Gasteiger partial charge on any atom is 0.277 e. The predicted octanol–water partition coefficient (Wildman–Crippen LogP) is 3.23. The van der Waals surface area contributed by atoms with Gasteiger partial charge in [0, 0.05) is 22.8 Å². The molecule has 0 unspecified atom stereocenters. The first-order chi connectivity index (χ1) is 9.72. The Morgan fingerprint density at radius 1 is 1.35 bits per heavy atom. The summed E-state index contributed by atoms with van der Waals surface area (Å²) in [5.41, 5.74) is 1.12. The van der Waals surface area contributed by atoms with Crippen molar-refractivity contribution < 1.29 is 4.79 Å².